The maximum Gasteiger partial charge on any atom is 0.310 e. The highest BCUT2D eigenvalue weighted by Gasteiger charge is 2.56. The van der Waals surface area contributed by atoms with Crippen molar-refractivity contribution in [2.24, 2.45) is 22.7 Å². The first-order valence-corrected chi connectivity index (χ1v) is 11.2. The van der Waals surface area contributed by atoms with Gasteiger partial charge in [0, 0.05) is 30.1 Å². The van der Waals surface area contributed by atoms with Crippen molar-refractivity contribution in [3.63, 3.8) is 0 Å². The molecular formula is C25H36O5. The zero-order valence-electron chi connectivity index (χ0n) is 18.3. The van der Waals surface area contributed by atoms with Crippen LogP contribution < -0.4 is 0 Å². The molecule has 1 unspecified atom stereocenters. The van der Waals surface area contributed by atoms with Crippen molar-refractivity contribution in [3.05, 3.63) is 36.0 Å². The van der Waals surface area contributed by atoms with Crippen LogP contribution in [0, 0.1) is 22.7 Å². The lowest BCUT2D eigenvalue weighted by Gasteiger charge is -2.29. The third-order valence-corrected chi connectivity index (χ3v) is 7.83. The van der Waals surface area contributed by atoms with E-state index in [2.05, 4.69) is 6.58 Å². The van der Waals surface area contributed by atoms with Crippen LogP contribution >= 0.6 is 0 Å². The number of carbonyl (C=O) groups excluding carboxylic acids is 1. The van der Waals surface area contributed by atoms with Gasteiger partial charge in [0.1, 0.15) is 5.78 Å². The van der Waals surface area contributed by atoms with E-state index < -0.39 is 22.9 Å². The Balaban J connectivity index is 1.78. The second-order valence-corrected chi connectivity index (χ2v) is 9.97. The molecule has 3 aliphatic carbocycles. The van der Waals surface area contributed by atoms with Gasteiger partial charge in [-0.05, 0) is 46.0 Å². The second kappa shape index (κ2) is 8.43. The molecule has 0 aromatic rings. The van der Waals surface area contributed by atoms with Crippen LogP contribution in [0.25, 0.3) is 0 Å². The summed E-state index contributed by atoms with van der Waals surface area (Å²) in [5.41, 5.74) is 0.390. The number of carboxylic acids is 1. The van der Waals surface area contributed by atoms with Crippen molar-refractivity contribution in [1.82, 2.24) is 0 Å². The minimum Gasteiger partial charge on any atom is -0.481 e. The Kier molecular flexibility index (Phi) is 6.45. The molecule has 4 atom stereocenters. The number of hydrogen-bond acceptors (Lipinski definition) is 4. The van der Waals surface area contributed by atoms with Crippen molar-refractivity contribution in [3.8, 4) is 0 Å². The maximum absolute atomic E-state index is 12.2. The first kappa shape index (κ1) is 23.0. The quantitative estimate of drug-likeness (QED) is 0.464. The lowest BCUT2D eigenvalue weighted by atomic mass is 9.73. The Morgan fingerprint density at radius 3 is 2.47 bits per heavy atom. The molecule has 0 aliphatic heterocycles. The first-order valence-electron chi connectivity index (χ1n) is 11.2. The van der Waals surface area contributed by atoms with E-state index in [0.29, 0.717) is 19.3 Å². The molecule has 0 radical (unpaired) electrons. The number of allylic oxidation sites excluding steroid dienone is 1. The standard InChI is InChI=1S/C25H36O5/c1-4-23(2,30)15-19-21(25(19)13-5-6-14-25)17(16-26)9-8-12-24(3,22(28)29)18-10-7-11-20(18)27/h4,8-9,17-18,26,30H,1,5-7,10-16H2,2-3H3,(H,28,29)/t17?,18-,23-,24-/m0/s1. The summed E-state index contributed by atoms with van der Waals surface area (Å²) >= 11 is 0. The number of carbonyl (C=O) groups is 2. The molecule has 2 saturated carbocycles. The zero-order chi connectivity index (χ0) is 22.2. The molecule has 0 bridgehead atoms. The highest BCUT2D eigenvalue weighted by molar-refractivity contribution is 5.89. The Morgan fingerprint density at radius 1 is 1.30 bits per heavy atom. The van der Waals surface area contributed by atoms with Gasteiger partial charge >= 0.3 is 5.97 Å². The van der Waals surface area contributed by atoms with Gasteiger partial charge in [0.2, 0.25) is 0 Å². The van der Waals surface area contributed by atoms with E-state index in [-0.39, 0.29) is 30.1 Å². The number of carboxylic acid groups (broad SMARTS) is 1. The zero-order valence-corrected chi connectivity index (χ0v) is 18.3. The van der Waals surface area contributed by atoms with Crippen molar-refractivity contribution >= 4 is 11.8 Å². The predicted molar refractivity (Wildman–Crippen MR) is 116 cm³/mol. The third-order valence-electron chi connectivity index (χ3n) is 7.83. The summed E-state index contributed by atoms with van der Waals surface area (Å²) in [6.07, 6.45) is 12.4. The van der Waals surface area contributed by atoms with Crippen LogP contribution in [0.2, 0.25) is 0 Å². The van der Waals surface area contributed by atoms with E-state index in [1.54, 1.807) is 19.9 Å². The van der Waals surface area contributed by atoms with E-state index in [1.165, 1.54) is 11.1 Å². The summed E-state index contributed by atoms with van der Waals surface area (Å²) in [4.78, 5) is 24.2. The number of aliphatic carboxylic acids is 1. The normalized spacial score (nSPS) is 28.0. The monoisotopic (exact) mass is 416 g/mol. The summed E-state index contributed by atoms with van der Waals surface area (Å²) in [5.74, 6) is -1.49. The molecule has 0 aromatic carbocycles. The molecule has 3 rings (SSSR count). The lowest BCUT2D eigenvalue weighted by Crippen LogP contribution is -2.37. The number of hydrogen-bond donors (Lipinski definition) is 3. The van der Waals surface area contributed by atoms with Crippen molar-refractivity contribution < 1.29 is 24.9 Å². The molecule has 5 heteroatoms. The van der Waals surface area contributed by atoms with Gasteiger partial charge < -0.3 is 15.3 Å². The molecule has 3 N–H and O–H groups in total. The molecule has 166 valence electrons. The molecule has 1 spiro atoms. The van der Waals surface area contributed by atoms with Gasteiger partial charge in [-0.1, -0.05) is 42.2 Å². The average Bonchev–Trinajstić information content (AvgIpc) is 3.07. The number of aliphatic hydroxyl groups is 2. The molecule has 0 heterocycles. The number of Topliss-reactive ketones (excluding diaryl/α,β-unsaturated/α-hetero) is 1. The molecule has 5 nitrogen and oxygen atoms in total. The molecule has 2 fully saturated rings. The largest absolute Gasteiger partial charge is 0.481 e. The predicted octanol–water partition coefficient (Wildman–Crippen LogP) is 4.20. The Labute approximate surface area is 179 Å². The topological polar surface area (TPSA) is 94.8 Å². The van der Waals surface area contributed by atoms with Crippen LogP contribution in [0.3, 0.4) is 0 Å². The van der Waals surface area contributed by atoms with Gasteiger partial charge in [-0.15, -0.1) is 6.58 Å². The summed E-state index contributed by atoms with van der Waals surface area (Å²) in [5, 5.41) is 30.5. The van der Waals surface area contributed by atoms with Gasteiger partial charge in [-0.3, -0.25) is 9.59 Å². The molecule has 3 aliphatic rings. The first-order chi connectivity index (χ1) is 14.1. The number of rotatable bonds is 10. The van der Waals surface area contributed by atoms with E-state index in [9.17, 15) is 24.9 Å². The van der Waals surface area contributed by atoms with Crippen molar-refractivity contribution in [2.75, 3.05) is 6.61 Å². The summed E-state index contributed by atoms with van der Waals surface area (Å²) < 4.78 is 0. The van der Waals surface area contributed by atoms with E-state index in [0.717, 1.165) is 32.1 Å². The van der Waals surface area contributed by atoms with Crippen LogP contribution in [0.5, 0.6) is 0 Å². The maximum atomic E-state index is 12.2. The fourth-order valence-electron chi connectivity index (χ4n) is 5.86. The molecule has 0 aromatic heterocycles. The van der Waals surface area contributed by atoms with E-state index in [1.807, 2.05) is 12.2 Å². The van der Waals surface area contributed by atoms with Crippen LogP contribution in [-0.2, 0) is 9.59 Å². The second-order valence-electron chi connectivity index (χ2n) is 9.97. The Bertz CT molecular complexity index is 768. The molecule has 30 heavy (non-hydrogen) atoms. The highest BCUT2D eigenvalue weighted by Crippen LogP contribution is 2.67. The summed E-state index contributed by atoms with van der Waals surface area (Å²) in [6, 6.07) is 0. The van der Waals surface area contributed by atoms with Crippen LogP contribution in [0.1, 0.15) is 71.6 Å². The fraction of sp³-hybridized carbons (Fsp3) is 0.680. The third kappa shape index (κ3) is 4.06. The van der Waals surface area contributed by atoms with Crippen LogP contribution in [-0.4, -0.2) is 39.3 Å². The SMILES string of the molecule is C=C[C@](C)(O)CC1=C(C(C=CC[C@](C)(C(=O)O)[C@H]2CCCC2=O)CO)C12CCCC2. The minimum absolute atomic E-state index is 0.0161. The summed E-state index contributed by atoms with van der Waals surface area (Å²) in [7, 11) is 0. The Hall–Kier alpha value is -1.72. The van der Waals surface area contributed by atoms with Crippen molar-refractivity contribution in [1.29, 1.82) is 0 Å². The van der Waals surface area contributed by atoms with Crippen LogP contribution in [0.15, 0.2) is 36.0 Å². The van der Waals surface area contributed by atoms with Crippen molar-refractivity contribution in [2.45, 2.75) is 77.2 Å². The smallest absolute Gasteiger partial charge is 0.310 e. The van der Waals surface area contributed by atoms with E-state index >= 15 is 0 Å². The van der Waals surface area contributed by atoms with Gasteiger partial charge in [0.25, 0.3) is 0 Å². The van der Waals surface area contributed by atoms with Gasteiger partial charge in [0.05, 0.1) is 17.6 Å². The number of aliphatic hydroxyl groups excluding tert-OH is 1. The lowest BCUT2D eigenvalue weighted by molar-refractivity contribution is -0.153. The fourth-order valence-corrected chi connectivity index (χ4v) is 5.86. The van der Waals surface area contributed by atoms with Gasteiger partial charge in [-0.25, -0.2) is 0 Å². The van der Waals surface area contributed by atoms with Crippen LogP contribution in [0.4, 0.5) is 0 Å². The molecular weight excluding hydrogens is 380 g/mol. The van der Waals surface area contributed by atoms with Gasteiger partial charge in [0.15, 0.2) is 0 Å². The average molecular weight is 417 g/mol. The highest BCUT2D eigenvalue weighted by atomic mass is 16.4. The minimum atomic E-state index is -1.11. The summed E-state index contributed by atoms with van der Waals surface area (Å²) in [6.45, 7) is 7.12. The van der Waals surface area contributed by atoms with E-state index in [4.69, 9.17) is 0 Å². The Morgan fingerprint density at radius 2 is 1.97 bits per heavy atom. The molecule has 0 saturated heterocycles. The number of ketones is 1. The molecule has 0 amide bonds. The van der Waals surface area contributed by atoms with Gasteiger partial charge in [-0.2, -0.15) is 0 Å².